The standard InChI is InChI=1S/C7H14FNO/c1-4-7(2,3)6(5-8)9-10/h6H,4-5H2,1-3H3. The molecule has 0 aromatic heterocycles. The van der Waals surface area contributed by atoms with E-state index in [0.29, 0.717) is 0 Å². The smallest absolute Gasteiger partial charge is 0.125 e. The molecule has 60 valence electrons. The van der Waals surface area contributed by atoms with Crippen LogP contribution in [0.2, 0.25) is 0 Å². The zero-order valence-electron chi connectivity index (χ0n) is 6.72. The third-order valence-electron chi connectivity index (χ3n) is 2.09. The Kier molecular flexibility index (Phi) is 3.47. The Balaban J connectivity index is 4.10. The number of hydrogen-bond acceptors (Lipinski definition) is 2. The molecule has 2 nitrogen and oxygen atoms in total. The Bertz CT molecular complexity index is 114. The van der Waals surface area contributed by atoms with Crippen LogP contribution in [0.15, 0.2) is 5.18 Å². The van der Waals surface area contributed by atoms with Gasteiger partial charge in [0.15, 0.2) is 0 Å². The minimum absolute atomic E-state index is 0.295. The summed E-state index contributed by atoms with van der Waals surface area (Å²) in [6.45, 7) is 4.97. The van der Waals surface area contributed by atoms with Crippen LogP contribution in [-0.4, -0.2) is 12.7 Å². The molecule has 0 fully saturated rings. The highest BCUT2D eigenvalue weighted by molar-refractivity contribution is 4.81. The second-order valence-electron chi connectivity index (χ2n) is 3.12. The van der Waals surface area contributed by atoms with E-state index in [1.165, 1.54) is 0 Å². The van der Waals surface area contributed by atoms with E-state index in [-0.39, 0.29) is 5.41 Å². The molecule has 1 unspecified atom stereocenters. The maximum absolute atomic E-state index is 12.0. The van der Waals surface area contributed by atoms with E-state index in [2.05, 4.69) is 5.18 Å². The fourth-order valence-electron chi connectivity index (χ4n) is 0.615. The first-order valence-electron chi connectivity index (χ1n) is 3.47. The monoisotopic (exact) mass is 147 g/mol. The Morgan fingerprint density at radius 1 is 1.60 bits per heavy atom. The average Bonchev–Trinajstić information content (AvgIpc) is 1.90. The highest BCUT2D eigenvalue weighted by atomic mass is 19.1. The molecule has 0 aromatic rings. The third kappa shape index (κ3) is 2.05. The van der Waals surface area contributed by atoms with Gasteiger partial charge in [-0.15, -0.1) is 0 Å². The first-order chi connectivity index (χ1) is 4.58. The summed E-state index contributed by atoms with van der Waals surface area (Å²) < 4.78 is 12.0. The lowest BCUT2D eigenvalue weighted by molar-refractivity contribution is 0.232. The predicted octanol–water partition coefficient (Wildman–Crippen LogP) is 2.53. The first-order valence-corrected chi connectivity index (χ1v) is 3.47. The molecule has 0 heterocycles. The van der Waals surface area contributed by atoms with Crippen molar-refractivity contribution in [1.82, 2.24) is 0 Å². The number of nitrogens with zero attached hydrogens (tertiary/aromatic N) is 1. The molecule has 0 aliphatic carbocycles. The van der Waals surface area contributed by atoms with Gasteiger partial charge in [0, 0.05) is 0 Å². The summed E-state index contributed by atoms with van der Waals surface area (Å²) in [4.78, 5) is 10.1. The summed E-state index contributed by atoms with van der Waals surface area (Å²) in [5.74, 6) is 0. The molecule has 0 aromatic carbocycles. The number of nitroso groups, excluding NO2 is 1. The molecular formula is C7H14FNO. The van der Waals surface area contributed by atoms with Crippen molar-refractivity contribution >= 4 is 0 Å². The van der Waals surface area contributed by atoms with Gasteiger partial charge < -0.3 is 0 Å². The van der Waals surface area contributed by atoms with Gasteiger partial charge >= 0.3 is 0 Å². The van der Waals surface area contributed by atoms with Crippen molar-refractivity contribution in [1.29, 1.82) is 0 Å². The van der Waals surface area contributed by atoms with Crippen molar-refractivity contribution in [3.8, 4) is 0 Å². The van der Waals surface area contributed by atoms with Crippen LogP contribution >= 0.6 is 0 Å². The lowest BCUT2D eigenvalue weighted by Gasteiger charge is -2.25. The molecule has 0 amide bonds. The lowest BCUT2D eigenvalue weighted by atomic mass is 9.83. The fraction of sp³-hybridized carbons (Fsp3) is 1.00. The van der Waals surface area contributed by atoms with Crippen LogP contribution in [0, 0.1) is 10.3 Å². The molecule has 0 aliphatic rings. The van der Waals surface area contributed by atoms with Gasteiger partial charge in [-0.25, -0.2) is 4.39 Å². The highest BCUT2D eigenvalue weighted by Gasteiger charge is 2.28. The SMILES string of the molecule is CCC(C)(C)C(CF)N=O. The molecule has 0 bridgehead atoms. The van der Waals surface area contributed by atoms with Crippen LogP contribution in [0.5, 0.6) is 0 Å². The van der Waals surface area contributed by atoms with Crippen LogP contribution in [0.1, 0.15) is 27.2 Å². The van der Waals surface area contributed by atoms with E-state index >= 15 is 0 Å². The normalized spacial score (nSPS) is 14.8. The number of halogens is 1. The molecule has 3 heteroatoms. The Labute approximate surface area is 60.8 Å². The largest absolute Gasteiger partial charge is 0.249 e. The second kappa shape index (κ2) is 3.64. The molecule has 0 saturated heterocycles. The van der Waals surface area contributed by atoms with E-state index in [1.807, 2.05) is 20.8 Å². The molecule has 0 saturated carbocycles. The van der Waals surface area contributed by atoms with Gasteiger partial charge in [-0.3, -0.25) is 0 Å². The molecule has 0 N–H and O–H groups in total. The summed E-state index contributed by atoms with van der Waals surface area (Å²) in [7, 11) is 0. The summed E-state index contributed by atoms with van der Waals surface area (Å²) >= 11 is 0. The molecular weight excluding hydrogens is 133 g/mol. The van der Waals surface area contributed by atoms with Gasteiger partial charge in [-0.1, -0.05) is 25.9 Å². The van der Waals surface area contributed by atoms with Crippen molar-refractivity contribution in [3.05, 3.63) is 4.91 Å². The number of rotatable bonds is 4. The van der Waals surface area contributed by atoms with E-state index in [1.54, 1.807) is 0 Å². The highest BCUT2D eigenvalue weighted by Crippen LogP contribution is 2.27. The number of hydrogen-bond donors (Lipinski definition) is 0. The van der Waals surface area contributed by atoms with E-state index in [9.17, 15) is 9.30 Å². The van der Waals surface area contributed by atoms with Gasteiger partial charge in [0.2, 0.25) is 0 Å². The maximum atomic E-state index is 12.0. The topological polar surface area (TPSA) is 29.4 Å². The van der Waals surface area contributed by atoms with Crippen LogP contribution < -0.4 is 0 Å². The van der Waals surface area contributed by atoms with Crippen LogP contribution in [-0.2, 0) is 0 Å². The van der Waals surface area contributed by atoms with Gasteiger partial charge in [-0.05, 0) is 11.8 Å². The van der Waals surface area contributed by atoms with Crippen LogP contribution in [0.3, 0.4) is 0 Å². The Morgan fingerprint density at radius 2 is 2.10 bits per heavy atom. The van der Waals surface area contributed by atoms with Crippen LogP contribution in [0.25, 0.3) is 0 Å². The summed E-state index contributed by atoms with van der Waals surface area (Å²) in [5, 5.41) is 2.72. The zero-order valence-corrected chi connectivity index (χ0v) is 6.72. The maximum Gasteiger partial charge on any atom is 0.125 e. The molecule has 1 atom stereocenters. The van der Waals surface area contributed by atoms with E-state index < -0.39 is 12.7 Å². The summed E-state index contributed by atoms with van der Waals surface area (Å²) in [6, 6.07) is -0.683. The molecule has 0 rings (SSSR count). The van der Waals surface area contributed by atoms with Crippen molar-refractivity contribution in [2.75, 3.05) is 6.67 Å². The van der Waals surface area contributed by atoms with Crippen LogP contribution in [0.4, 0.5) is 4.39 Å². The van der Waals surface area contributed by atoms with Crippen molar-refractivity contribution in [3.63, 3.8) is 0 Å². The Hall–Kier alpha value is -0.470. The minimum atomic E-state index is -0.683. The predicted molar refractivity (Wildman–Crippen MR) is 39.6 cm³/mol. The zero-order chi connectivity index (χ0) is 8.20. The molecule has 10 heavy (non-hydrogen) atoms. The van der Waals surface area contributed by atoms with Crippen molar-refractivity contribution in [2.24, 2.45) is 10.6 Å². The summed E-state index contributed by atoms with van der Waals surface area (Å²) in [6.07, 6.45) is 0.771. The molecule has 0 spiro atoms. The van der Waals surface area contributed by atoms with Gasteiger partial charge in [0.25, 0.3) is 0 Å². The summed E-state index contributed by atoms with van der Waals surface area (Å²) in [5.41, 5.74) is -0.295. The second-order valence-corrected chi connectivity index (χ2v) is 3.12. The average molecular weight is 147 g/mol. The third-order valence-corrected chi connectivity index (χ3v) is 2.09. The van der Waals surface area contributed by atoms with Crippen molar-refractivity contribution in [2.45, 2.75) is 33.2 Å². The van der Waals surface area contributed by atoms with Gasteiger partial charge in [-0.2, -0.15) is 4.91 Å². The van der Waals surface area contributed by atoms with Gasteiger partial charge in [0.1, 0.15) is 12.7 Å². The Morgan fingerprint density at radius 3 is 2.20 bits per heavy atom. The molecule has 0 aliphatic heterocycles. The first kappa shape index (κ1) is 9.53. The van der Waals surface area contributed by atoms with E-state index in [0.717, 1.165) is 6.42 Å². The minimum Gasteiger partial charge on any atom is -0.249 e. The van der Waals surface area contributed by atoms with E-state index in [4.69, 9.17) is 0 Å². The quantitative estimate of drug-likeness (QED) is 0.562. The fourth-order valence-corrected chi connectivity index (χ4v) is 0.615. The van der Waals surface area contributed by atoms with Crippen molar-refractivity contribution < 1.29 is 4.39 Å². The molecule has 0 radical (unpaired) electrons. The van der Waals surface area contributed by atoms with Gasteiger partial charge in [0.05, 0.1) is 0 Å². The number of alkyl halides is 1. The lowest BCUT2D eigenvalue weighted by Crippen LogP contribution is -2.28.